The average molecular weight is 527 g/mol. The fourth-order valence-corrected chi connectivity index (χ4v) is 5.56. The van der Waals surface area contributed by atoms with Gasteiger partial charge in [0.25, 0.3) is 5.91 Å². The van der Waals surface area contributed by atoms with Crippen molar-refractivity contribution in [3.05, 3.63) is 83.7 Å². The van der Waals surface area contributed by atoms with Crippen molar-refractivity contribution in [2.24, 2.45) is 5.73 Å². The Labute approximate surface area is 228 Å². The Balaban J connectivity index is 0.00000164. The van der Waals surface area contributed by atoms with E-state index in [1.165, 1.54) is 23.0 Å². The van der Waals surface area contributed by atoms with Crippen LogP contribution in [0.3, 0.4) is 0 Å². The van der Waals surface area contributed by atoms with Gasteiger partial charge in [-0.2, -0.15) is 5.26 Å². The molecule has 1 saturated heterocycles. The summed E-state index contributed by atoms with van der Waals surface area (Å²) < 4.78 is 0. The quantitative estimate of drug-likeness (QED) is 0.316. The van der Waals surface area contributed by atoms with Crippen LogP contribution in [0.1, 0.15) is 41.8 Å². The Morgan fingerprint density at radius 3 is 2.58 bits per heavy atom. The Hall–Kier alpha value is -3.80. The standard InChI is InChI=1S/C28H28N6OS.C2H6/c29-18-20-5-10-26-25(17-20)21(19-32-26)3-2-12-33-13-15-34(16-14-33)22-6-8-23(9-7-22)36-28-24(27(30)35)4-1-11-31-28;1-2/h1,4-11,17,19,32H,2-3,12-16H2,(H2,30,35);1-2H3. The number of carbonyl (C=O) groups is 1. The van der Waals surface area contributed by atoms with Gasteiger partial charge in [-0.25, -0.2) is 4.98 Å². The number of primary amides is 1. The number of aryl methyl sites for hydroxylation is 1. The molecule has 0 spiro atoms. The maximum Gasteiger partial charge on any atom is 0.251 e. The topological polar surface area (TPSA) is 102 Å². The minimum atomic E-state index is -0.463. The van der Waals surface area contributed by atoms with Gasteiger partial charge in [0.1, 0.15) is 5.03 Å². The fraction of sp³-hybridized carbons (Fsp3) is 0.300. The monoisotopic (exact) mass is 526 g/mol. The summed E-state index contributed by atoms with van der Waals surface area (Å²) in [5, 5.41) is 11.0. The number of nitrogens with one attached hydrogen (secondary N) is 1. The Bertz CT molecular complexity index is 1400. The lowest BCUT2D eigenvalue weighted by Crippen LogP contribution is -2.46. The van der Waals surface area contributed by atoms with Crippen molar-refractivity contribution in [2.45, 2.75) is 36.6 Å². The van der Waals surface area contributed by atoms with E-state index >= 15 is 0 Å². The molecule has 1 aliphatic rings. The van der Waals surface area contributed by atoms with Crippen molar-refractivity contribution in [3.8, 4) is 6.07 Å². The first-order chi connectivity index (χ1) is 18.6. The van der Waals surface area contributed by atoms with Crippen molar-refractivity contribution < 1.29 is 4.79 Å². The molecule has 3 heterocycles. The summed E-state index contributed by atoms with van der Waals surface area (Å²) in [5.41, 5.74) is 10.2. The first kappa shape index (κ1) is 27.2. The van der Waals surface area contributed by atoms with E-state index in [4.69, 9.17) is 5.73 Å². The van der Waals surface area contributed by atoms with E-state index in [-0.39, 0.29) is 0 Å². The van der Waals surface area contributed by atoms with Crippen molar-refractivity contribution in [2.75, 3.05) is 37.6 Å². The lowest BCUT2D eigenvalue weighted by atomic mass is 10.1. The predicted octanol–water partition coefficient (Wildman–Crippen LogP) is 5.47. The number of aromatic nitrogens is 2. The van der Waals surface area contributed by atoms with Crippen LogP contribution in [0, 0.1) is 11.3 Å². The van der Waals surface area contributed by atoms with Crippen LogP contribution < -0.4 is 10.6 Å². The number of hydrogen-bond acceptors (Lipinski definition) is 6. The number of hydrogen-bond donors (Lipinski definition) is 2. The summed E-state index contributed by atoms with van der Waals surface area (Å²) in [6, 6.07) is 19.9. The van der Waals surface area contributed by atoms with Crippen molar-refractivity contribution in [1.29, 1.82) is 5.26 Å². The van der Waals surface area contributed by atoms with Crippen LogP contribution in [-0.2, 0) is 6.42 Å². The Kier molecular flexibility index (Phi) is 9.41. The third kappa shape index (κ3) is 6.55. The van der Waals surface area contributed by atoms with E-state index in [1.807, 2.05) is 32.0 Å². The second kappa shape index (κ2) is 13.1. The molecule has 1 fully saturated rings. The van der Waals surface area contributed by atoms with Crippen LogP contribution in [0.15, 0.2) is 76.9 Å². The number of nitrogens with zero attached hydrogens (tertiary/aromatic N) is 4. The number of fused-ring (bicyclic) bond motifs is 1. The fourth-order valence-electron chi connectivity index (χ4n) is 4.67. The highest BCUT2D eigenvalue weighted by molar-refractivity contribution is 7.99. The van der Waals surface area contributed by atoms with Crippen molar-refractivity contribution in [3.63, 3.8) is 0 Å². The highest BCUT2D eigenvalue weighted by Crippen LogP contribution is 2.30. The molecule has 1 aliphatic heterocycles. The summed E-state index contributed by atoms with van der Waals surface area (Å²) in [6.07, 6.45) is 5.85. The van der Waals surface area contributed by atoms with Gasteiger partial charge < -0.3 is 15.6 Å². The molecule has 0 saturated carbocycles. The summed E-state index contributed by atoms with van der Waals surface area (Å²) in [6.45, 7) is 9.15. The van der Waals surface area contributed by atoms with Crippen LogP contribution in [0.5, 0.6) is 0 Å². The van der Waals surface area contributed by atoms with E-state index in [1.54, 1.807) is 18.3 Å². The number of amides is 1. The predicted molar refractivity (Wildman–Crippen MR) is 155 cm³/mol. The normalized spacial score (nSPS) is 13.6. The van der Waals surface area contributed by atoms with Crippen LogP contribution >= 0.6 is 11.8 Å². The number of nitrogens with two attached hydrogens (primary N) is 1. The van der Waals surface area contributed by atoms with Gasteiger partial charge in [0.2, 0.25) is 0 Å². The maximum absolute atomic E-state index is 11.6. The number of nitriles is 1. The van der Waals surface area contributed by atoms with E-state index in [0.29, 0.717) is 16.2 Å². The van der Waals surface area contributed by atoms with Crippen molar-refractivity contribution in [1.82, 2.24) is 14.9 Å². The van der Waals surface area contributed by atoms with Gasteiger partial charge in [0.05, 0.1) is 17.2 Å². The molecule has 0 bridgehead atoms. The molecule has 0 atom stereocenters. The van der Waals surface area contributed by atoms with Gasteiger partial charge in [-0.15, -0.1) is 0 Å². The summed E-state index contributed by atoms with van der Waals surface area (Å²) in [5.74, 6) is -0.463. The molecule has 7 nitrogen and oxygen atoms in total. The summed E-state index contributed by atoms with van der Waals surface area (Å²) >= 11 is 1.45. The maximum atomic E-state index is 11.6. The Morgan fingerprint density at radius 2 is 1.87 bits per heavy atom. The molecule has 2 aromatic heterocycles. The second-order valence-electron chi connectivity index (χ2n) is 8.93. The number of H-pyrrole nitrogens is 1. The molecule has 3 N–H and O–H groups in total. The zero-order valence-corrected chi connectivity index (χ0v) is 22.8. The number of piperazine rings is 1. The summed E-state index contributed by atoms with van der Waals surface area (Å²) in [7, 11) is 0. The van der Waals surface area contributed by atoms with Gasteiger partial charge in [-0.05, 0) is 79.5 Å². The average Bonchev–Trinajstić information content (AvgIpc) is 3.37. The number of benzene rings is 2. The van der Waals surface area contributed by atoms with Crippen LogP contribution in [0.2, 0.25) is 0 Å². The molecule has 2 aromatic carbocycles. The molecular weight excluding hydrogens is 492 g/mol. The molecule has 0 radical (unpaired) electrons. The minimum Gasteiger partial charge on any atom is -0.369 e. The number of pyridine rings is 1. The van der Waals surface area contributed by atoms with Gasteiger partial charge in [0, 0.05) is 60.1 Å². The van der Waals surface area contributed by atoms with E-state index < -0.39 is 5.91 Å². The summed E-state index contributed by atoms with van der Waals surface area (Å²) in [4.78, 5) is 25.3. The molecule has 196 valence electrons. The lowest BCUT2D eigenvalue weighted by Gasteiger charge is -2.36. The molecule has 38 heavy (non-hydrogen) atoms. The van der Waals surface area contributed by atoms with Crippen LogP contribution in [0.25, 0.3) is 10.9 Å². The van der Waals surface area contributed by atoms with Gasteiger partial charge in [-0.1, -0.05) is 25.6 Å². The van der Waals surface area contributed by atoms with Crippen LogP contribution in [-0.4, -0.2) is 53.5 Å². The smallest absolute Gasteiger partial charge is 0.251 e. The largest absolute Gasteiger partial charge is 0.369 e. The number of carbonyl (C=O) groups excluding carboxylic acids is 1. The molecule has 0 unspecified atom stereocenters. The zero-order valence-electron chi connectivity index (χ0n) is 22.0. The number of anilines is 1. The van der Waals surface area contributed by atoms with E-state index in [0.717, 1.165) is 61.4 Å². The second-order valence-corrected chi connectivity index (χ2v) is 10.00. The highest BCUT2D eigenvalue weighted by atomic mass is 32.2. The minimum absolute atomic E-state index is 0.444. The lowest BCUT2D eigenvalue weighted by molar-refractivity contribution is 0.0997. The number of rotatable bonds is 8. The first-order valence-electron chi connectivity index (χ1n) is 13.1. The van der Waals surface area contributed by atoms with E-state index in [9.17, 15) is 10.1 Å². The molecule has 5 rings (SSSR count). The van der Waals surface area contributed by atoms with E-state index in [2.05, 4.69) is 56.3 Å². The molecule has 8 heteroatoms. The molecule has 4 aromatic rings. The molecule has 1 amide bonds. The number of aromatic amines is 1. The first-order valence-corrected chi connectivity index (χ1v) is 13.9. The van der Waals surface area contributed by atoms with Crippen LogP contribution in [0.4, 0.5) is 5.69 Å². The Morgan fingerprint density at radius 1 is 1.11 bits per heavy atom. The van der Waals surface area contributed by atoms with Crippen molar-refractivity contribution >= 4 is 34.3 Å². The van der Waals surface area contributed by atoms with Gasteiger partial charge >= 0.3 is 0 Å². The third-order valence-corrected chi connectivity index (χ3v) is 7.67. The van der Waals surface area contributed by atoms with Gasteiger partial charge in [-0.3, -0.25) is 9.69 Å². The zero-order chi connectivity index (χ0) is 26.9. The van der Waals surface area contributed by atoms with Gasteiger partial charge in [0.15, 0.2) is 0 Å². The third-order valence-electron chi connectivity index (χ3n) is 6.64. The SMILES string of the molecule is CC.N#Cc1ccc2[nH]cc(CCCN3CCN(c4ccc(Sc5ncccc5C(N)=O)cc4)CC3)c2c1. The molecular formula is C30H34N6OS. The molecule has 0 aliphatic carbocycles. The highest BCUT2D eigenvalue weighted by Gasteiger charge is 2.17.